The number of anilines is 2. The summed E-state index contributed by atoms with van der Waals surface area (Å²) < 4.78 is 5.16. The first-order valence-electron chi connectivity index (χ1n) is 8.96. The maximum atomic E-state index is 12.1. The van der Waals surface area contributed by atoms with Crippen LogP contribution >= 0.6 is 11.6 Å². The van der Waals surface area contributed by atoms with Crippen LogP contribution < -0.4 is 26.2 Å². The Hall–Kier alpha value is -3.52. The van der Waals surface area contributed by atoms with Crippen molar-refractivity contribution in [2.45, 2.75) is 20.3 Å². The maximum absolute atomic E-state index is 12.1. The number of methoxy groups -OCH3 is 1. The van der Waals surface area contributed by atoms with Crippen LogP contribution in [0.4, 0.5) is 11.4 Å². The molecule has 2 aromatic rings. The molecule has 3 amide bonds. The summed E-state index contributed by atoms with van der Waals surface area (Å²) in [6, 6.07) is 10.3. The Kier molecular flexibility index (Phi) is 7.83. The van der Waals surface area contributed by atoms with Gasteiger partial charge in [0, 0.05) is 16.4 Å². The molecule has 0 radical (unpaired) electrons. The SMILES string of the molecule is C=C(CC(=O)Nc1cccc(Cl)c1C)NNC(=O)C(=O)Nc1cc(C)ccc1OC. The van der Waals surface area contributed by atoms with Gasteiger partial charge in [-0.15, -0.1) is 0 Å². The van der Waals surface area contributed by atoms with Gasteiger partial charge in [-0.1, -0.05) is 30.3 Å². The number of carbonyl (C=O) groups excluding carboxylic acids is 3. The van der Waals surface area contributed by atoms with Gasteiger partial charge in [-0.2, -0.15) is 0 Å². The van der Waals surface area contributed by atoms with E-state index in [4.69, 9.17) is 16.3 Å². The second kappa shape index (κ2) is 10.3. The molecule has 0 aliphatic carbocycles. The van der Waals surface area contributed by atoms with Crippen molar-refractivity contribution in [3.63, 3.8) is 0 Å². The average Bonchev–Trinajstić information content (AvgIpc) is 2.69. The van der Waals surface area contributed by atoms with Crippen molar-refractivity contribution < 1.29 is 19.1 Å². The minimum atomic E-state index is -0.953. The molecule has 0 bridgehead atoms. The predicted molar refractivity (Wildman–Crippen MR) is 116 cm³/mol. The van der Waals surface area contributed by atoms with Crippen molar-refractivity contribution in [1.29, 1.82) is 0 Å². The van der Waals surface area contributed by atoms with Crippen LogP contribution in [-0.4, -0.2) is 24.8 Å². The molecule has 0 unspecified atom stereocenters. The van der Waals surface area contributed by atoms with Crippen LogP contribution in [-0.2, 0) is 14.4 Å². The topological polar surface area (TPSA) is 109 Å². The standard InChI is InChI=1S/C21H23ClN4O4/c1-12-8-9-18(30-4)17(10-12)24-20(28)21(29)26-25-13(2)11-19(27)23-16-7-5-6-15(22)14(16)3/h5-10,25H,2,11H2,1,3-4H3,(H,23,27)(H,24,28)(H,26,29). The fraction of sp³-hybridized carbons (Fsp3) is 0.190. The van der Waals surface area contributed by atoms with Crippen LogP contribution in [0.5, 0.6) is 5.75 Å². The molecule has 0 spiro atoms. The van der Waals surface area contributed by atoms with Crippen molar-refractivity contribution in [3.8, 4) is 5.75 Å². The molecule has 2 rings (SSSR count). The molecule has 8 nitrogen and oxygen atoms in total. The highest BCUT2D eigenvalue weighted by Crippen LogP contribution is 2.25. The van der Waals surface area contributed by atoms with Crippen LogP contribution in [0.25, 0.3) is 0 Å². The monoisotopic (exact) mass is 430 g/mol. The zero-order valence-electron chi connectivity index (χ0n) is 16.9. The van der Waals surface area contributed by atoms with Gasteiger partial charge in [0.15, 0.2) is 0 Å². The van der Waals surface area contributed by atoms with Gasteiger partial charge in [0.1, 0.15) is 5.75 Å². The molecule has 0 heterocycles. The van der Waals surface area contributed by atoms with E-state index in [0.29, 0.717) is 22.1 Å². The number of rotatable bonds is 7. The summed E-state index contributed by atoms with van der Waals surface area (Å²) >= 11 is 6.03. The number of carbonyl (C=O) groups is 3. The minimum Gasteiger partial charge on any atom is -0.495 e. The number of ether oxygens (including phenoxy) is 1. The summed E-state index contributed by atoms with van der Waals surface area (Å²) in [6.45, 7) is 7.29. The Morgan fingerprint density at radius 3 is 2.43 bits per heavy atom. The highest BCUT2D eigenvalue weighted by atomic mass is 35.5. The Morgan fingerprint density at radius 2 is 1.73 bits per heavy atom. The molecular formula is C21H23ClN4O4. The fourth-order valence-electron chi connectivity index (χ4n) is 2.48. The zero-order valence-corrected chi connectivity index (χ0v) is 17.6. The summed E-state index contributed by atoms with van der Waals surface area (Å²) in [5.74, 6) is -1.79. The highest BCUT2D eigenvalue weighted by molar-refractivity contribution is 6.39. The predicted octanol–water partition coefficient (Wildman–Crippen LogP) is 3.07. The van der Waals surface area contributed by atoms with Crippen molar-refractivity contribution in [3.05, 3.63) is 64.8 Å². The number of aryl methyl sites for hydroxylation is 1. The second-order valence-electron chi connectivity index (χ2n) is 6.48. The summed E-state index contributed by atoms with van der Waals surface area (Å²) in [4.78, 5) is 36.3. The van der Waals surface area contributed by atoms with Gasteiger partial charge >= 0.3 is 11.8 Å². The lowest BCUT2D eigenvalue weighted by Crippen LogP contribution is -2.43. The molecule has 2 aromatic carbocycles. The first-order valence-corrected chi connectivity index (χ1v) is 9.33. The molecule has 0 aliphatic rings. The largest absolute Gasteiger partial charge is 0.495 e. The van der Waals surface area contributed by atoms with E-state index in [2.05, 4.69) is 28.1 Å². The van der Waals surface area contributed by atoms with E-state index < -0.39 is 11.8 Å². The minimum absolute atomic E-state index is 0.125. The number of halogens is 1. The van der Waals surface area contributed by atoms with Crippen LogP contribution in [0.2, 0.25) is 5.02 Å². The Balaban J connectivity index is 1.84. The van der Waals surface area contributed by atoms with Crippen molar-refractivity contribution >= 4 is 40.7 Å². The first-order chi connectivity index (χ1) is 14.2. The molecule has 0 saturated heterocycles. The van der Waals surface area contributed by atoms with Gasteiger partial charge in [-0.25, -0.2) is 0 Å². The van der Waals surface area contributed by atoms with Crippen LogP contribution in [0.15, 0.2) is 48.7 Å². The summed E-state index contributed by atoms with van der Waals surface area (Å²) in [5.41, 5.74) is 7.43. The maximum Gasteiger partial charge on any atom is 0.327 e. The molecule has 0 aliphatic heterocycles. The fourth-order valence-corrected chi connectivity index (χ4v) is 2.65. The summed E-state index contributed by atoms with van der Waals surface area (Å²) in [6.07, 6.45) is -0.125. The molecule has 30 heavy (non-hydrogen) atoms. The molecule has 4 N–H and O–H groups in total. The van der Waals surface area contributed by atoms with Crippen LogP contribution in [0, 0.1) is 13.8 Å². The third-order valence-corrected chi connectivity index (χ3v) is 4.49. The molecule has 0 atom stereocenters. The van der Waals surface area contributed by atoms with Gasteiger partial charge in [0.25, 0.3) is 0 Å². The summed E-state index contributed by atoms with van der Waals surface area (Å²) in [7, 11) is 1.46. The third kappa shape index (κ3) is 6.25. The Labute approximate surface area is 179 Å². The van der Waals surface area contributed by atoms with Crippen LogP contribution in [0.1, 0.15) is 17.5 Å². The molecule has 158 valence electrons. The number of hydrogen-bond donors (Lipinski definition) is 4. The van der Waals surface area contributed by atoms with E-state index in [1.807, 2.05) is 13.0 Å². The number of nitrogens with one attached hydrogen (secondary N) is 4. The van der Waals surface area contributed by atoms with E-state index in [1.165, 1.54) is 7.11 Å². The normalized spacial score (nSPS) is 10.0. The van der Waals surface area contributed by atoms with Gasteiger partial charge < -0.3 is 20.8 Å². The van der Waals surface area contributed by atoms with Gasteiger partial charge in [0.05, 0.1) is 19.2 Å². The zero-order chi connectivity index (χ0) is 22.3. The van der Waals surface area contributed by atoms with Crippen molar-refractivity contribution in [2.75, 3.05) is 17.7 Å². The lowest BCUT2D eigenvalue weighted by molar-refractivity contribution is -0.136. The van der Waals surface area contributed by atoms with Crippen LogP contribution in [0.3, 0.4) is 0 Å². The smallest absolute Gasteiger partial charge is 0.327 e. The molecule has 0 saturated carbocycles. The van der Waals surface area contributed by atoms with E-state index in [9.17, 15) is 14.4 Å². The Bertz CT molecular complexity index is 991. The Morgan fingerprint density at radius 1 is 1.00 bits per heavy atom. The number of benzene rings is 2. The second-order valence-corrected chi connectivity index (χ2v) is 6.89. The van der Waals surface area contributed by atoms with Gasteiger partial charge in [-0.3, -0.25) is 19.8 Å². The lowest BCUT2D eigenvalue weighted by Gasteiger charge is -2.13. The number of hydrogen-bond acceptors (Lipinski definition) is 5. The van der Waals surface area contributed by atoms with E-state index in [0.717, 1.165) is 11.1 Å². The van der Waals surface area contributed by atoms with Crippen molar-refractivity contribution in [1.82, 2.24) is 10.9 Å². The molecule has 9 heteroatoms. The van der Waals surface area contributed by atoms with E-state index >= 15 is 0 Å². The van der Waals surface area contributed by atoms with Gasteiger partial charge in [0.2, 0.25) is 5.91 Å². The molecular weight excluding hydrogens is 408 g/mol. The van der Waals surface area contributed by atoms with Crippen molar-refractivity contribution in [2.24, 2.45) is 0 Å². The average molecular weight is 431 g/mol. The third-order valence-electron chi connectivity index (χ3n) is 4.08. The van der Waals surface area contributed by atoms with Gasteiger partial charge in [-0.05, 0) is 49.2 Å². The number of hydrazine groups is 1. The van der Waals surface area contributed by atoms with E-state index in [-0.39, 0.29) is 18.0 Å². The van der Waals surface area contributed by atoms with E-state index in [1.54, 1.807) is 37.3 Å². The molecule has 0 fully saturated rings. The lowest BCUT2D eigenvalue weighted by atomic mass is 10.2. The number of amides is 3. The summed E-state index contributed by atoms with van der Waals surface area (Å²) in [5, 5.41) is 5.72. The molecule has 0 aromatic heterocycles. The quantitative estimate of drug-likeness (QED) is 0.399. The first kappa shape index (κ1) is 22.8. The highest BCUT2D eigenvalue weighted by Gasteiger charge is 2.16.